The highest BCUT2D eigenvalue weighted by molar-refractivity contribution is 7.90. The maximum absolute atomic E-state index is 11.1. The summed E-state index contributed by atoms with van der Waals surface area (Å²) in [6, 6.07) is 4.80. The summed E-state index contributed by atoms with van der Waals surface area (Å²) in [5, 5.41) is 1.00. The summed E-state index contributed by atoms with van der Waals surface area (Å²) in [6.07, 6.45) is 6.51. The molecule has 2 rings (SSSR count). The number of terminal acetylenes is 1. The molecule has 0 amide bonds. The van der Waals surface area contributed by atoms with Gasteiger partial charge >= 0.3 is 10.1 Å². The molecular weight excluding hydrogens is 228 g/mol. The van der Waals surface area contributed by atoms with Crippen molar-refractivity contribution in [3.63, 3.8) is 0 Å². The minimum atomic E-state index is -3.58. The van der Waals surface area contributed by atoms with E-state index >= 15 is 0 Å². The Kier molecular flexibility index (Phi) is 2.59. The summed E-state index contributed by atoms with van der Waals surface area (Å²) in [6.45, 7) is 0.168. The molecule has 0 fully saturated rings. The zero-order valence-corrected chi connectivity index (χ0v) is 9.03. The highest BCUT2D eigenvalue weighted by Crippen LogP contribution is 2.30. The van der Waals surface area contributed by atoms with Crippen molar-refractivity contribution in [3.8, 4) is 23.8 Å². The number of hydrogen-bond donors (Lipinski definition) is 0. The van der Waals surface area contributed by atoms with Crippen molar-refractivity contribution in [2.75, 3.05) is 6.61 Å². The molecule has 0 saturated heterocycles. The molecule has 0 spiro atoms. The Balaban J connectivity index is 2.32. The van der Waals surface area contributed by atoms with E-state index in [4.69, 9.17) is 15.3 Å². The van der Waals surface area contributed by atoms with Crippen LogP contribution in [-0.2, 0) is 10.1 Å². The Morgan fingerprint density at radius 1 is 1.44 bits per heavy atom. The number of rotatable bonds is 2. The molecule has 0 radical (unpaired) electrons. The first-order valence-corrected chi connectivity index (χ1v) is 5.91. The second-order valence-electron chi connectivity index (χ2n) is 3.07. The molecule has 1 aliphatic heterocycles. The largest absolute Gasteiger partial charge is 0.481 e. The van der Waals surface area contributed by atoms with Crippen LogP contribution in [0, 0.1) is 12.3 Å². The molecule has 1 aromatic carbocycles. The van der Waals surface area contributed by atoms with Crippen LogP contribution >= 0.6 is 0 Å². The molecule has 16 heavy (non-hydrogen) atoms. The lowest BCUT2D eigenvalue weighted by Gasteiger charge is -2.12. The first-order chi connectivity index (χ1) is 7.61. The molecule has 0 atom stereocenters. The van der Waals surface area contributed by atoms with Gasteiger partial charge in [0.25, 0.3) is 0 Å². The molecular formula is C11H8O4S. The van der Waals surface area contributed by atoms with Crippen LogP contribution in [-0.4, -0.2) is 15.0 Å². The minimum Gasteiger partial charge on any atom is -0.481 e. The second kappa shape index (κ2) is 3.91. The summed E-state index contributed by atoms with van der Waals surface area (Å²) in [4.78, 5) is 0. The summed E-state index contributed by atoms with van der Waals surface area (Å²) in [5.41, 5.74) is 0.643. The molecule has 0 aliphatic carbocycles. The van der Waals surface area contributed by atoms with E-state index in [-0.39, 0.29) is 12.4 Å². The lowest BCUT2D eigenvalue weighted by Crippen LogP contribution is -2.09. The van der Waals surface area contributed by atoms with E-state index in [9.17, 15) is 8.42 Å². The van der Waals surface area contributed by atoms with E-state index in [1.54, 1.807) is 12.1 Å². The van der Waals surface area contributed by atoms with E-state index in [1.807, 2.05) is 0 Å². The van der Waals surface area contributed by atoms with Gasteiger partial charge in [0.1, 0.15) is 18.1 Å². The molecule has 82 valence electrons. The second-order valence-corrected chi connectivity index (χ2v) is 4.50. The van der Waals surface area contributed by atoms with Crippen molar-refractivity contribution in [2.24, 2.45) is 0 Å². The fourth-order valence-corrected chi connectivity index (χ4v) is 2.03. The smallest absolute Gasteiger partial charge is 0.332 e. The summed E-state index contributed by atoms with van der Waals surface area (Å²) < 4.78 is 32.2. The van der Waals surface area contributed by atoms with Crippen LogP contribution < -0.4 is 8.92 Å². The predicted molar refractivity (Wildman–Crippen MR) is 59.4 cm³/mol. The highest BCUT2D eigenvalue weighted by atomic mass is 32.2. The van der Waals surface area contributed by atoms with Crippen LogP contribution in [0.5, 0.6) is 11.5 Å². The zero-order valence-electron chi connectivity index (χ0n) is 8.21. The third-order valence-corrected chi connectivity index (χ3v) is 2.80. The molecule has 1 heterocycles. The van der Waals surface area contributed by atoms with Crippen LogP contribution in [0.25, 0.3) is 6.08 Å². The van der Waals surface area contributed by atoms with E-state index in [0.717, 1.165) is 5.41 Å². The number of hydrogen-bond acceptors (Lipinski definition) is 4. The standard InChI is InChI=1S/C11H8O4S/c1-2-6-14-10-3-4-11-9(8-10)5-7-16(12,13)15-11/h1,3-5,7-8H,6H2. The number of benzene rings is 1. The van der Waals surface area contributed by atoms with Gasteiger partial charge in [0.05, 0.1) is 5.41 Å². The Morgan fingerprint density at radius 2 is 2.25 bits per heavy atom. The van der Waals surface area contributed by atoms with Gasteiger partial charge in [-0.3, -0.25) is 0 Å². The van der Waals surface area contributed by atoms with Gasteiger partial charge < -0.3 is 8.92 Å². The van der Waals surface area contributed by atoms with Gasteiger partial charge in [0.15, 0.2) is 0 Å². The molecule has 0 bridgehead atoms. The first kappa shape index (κ1) is 10.6. The zero-order chi connectivity index (χ0) is 11.6. The number of fused-ring (bicyclic) bond motifs is 1. The van der Waals surface area contributed by atoms with Gasteiger partial charge in [0, 0.05) is 5.56 Å². The Bertz CT molecular complexity index is 578. The molecule has 0 N–H and O–H groups in total. The van der Waals surface area contributed by atoms with Crippen molar-refractivity contribution >= 4 is 16.2 Å². The molecule has 1 aliphatic rings. The maximum atomic E-state index is 11.1. The molecule has 0 aromatic heterocycles. The van der Waals surface area contributed by atoms with Gasteiger partial charge in [-0.2, -0.15) is 8.42 Å². The van der Waals surface area contributed by atoms with Crippen LogP contribution in [0.1, 0.15) is 5.56 Å². The number of ether oxygens (including phenoxy) is 1. The monoisotopic (exact) mass is 236 g/mol. The fourth-order valence-electron chi connectivity index (χ4n) is 1.26. The highest BCUT2D eigenvalue weighted by Gasteiger charge is 2.16. The molecule has 4 nitrogen and oxygen atoms in total. The molecule has 0 unspecified atom stereocenters. The Labute approximate surface area is 93.6 Å². The van der Waals surface area contributed by atoms with E-state index in [2.05, 4.69) is 5.92 Å². The van der Waals surface area contributed by atoms with Gasteiger partial charge in [-0.25, -0.2) is 0 Å². The predicted octanol–water partition coefficient (Wildman–Crippen LogP) is 1.39. The quantitative estimate of drug-likeness (QED) is 0.575. The topological polar surface area (TPSA) is 52.6 Å². The van der Waals surface area contributed by atoms with Gasteiger partial charge in [-0.05, 0) is 24.3 Å². The van der Waals surface area contributed by atoms with Crippen LogP contribution in [0.15, 0.2) is 23.6 Å². The SMILES string of the molecule is C#CCOc1ccc2c(c1)C=CS(=O)(=O)O2. The van der Waals surface area contributed by atoms with Crippen molar-refractivity contribution in [1.82, 2.24) is 0 Å². The first-order valence-electron chi connectivity index (χ1n) is 4.43. The van der Waals surface area contributed by atoms with E-state index < -0.39 is 10.1 Å². The maximum Gasteiger partial charge on any atom is 0.332 e. The van der Waals surface area contributed by atoms with Crippen molar-refractivity contribution in [3.05, 3.63) is 29.2 Å². The normalized spacial score (nSPS) is 15.7. The average molecular weight is 236 g/mol. The van der Waals surface area contributed by atoms with Crippen LogP contribution in [0.2, 0.25) is 0 Å². The van der Waals surface area contributed by atoms with Crippen LogP contribution in [0.4, 0.5) is 0 Å². The van der Waals surface area contributed by atoms with Gasteiger partial charge in [0.2, 0.25) is 0 Å². The molecule has 0 saturated carbocycles. The lowest BCUT2D eigenvalue weighted by molar-refractivity contribution is 0.369. The molecule has 5 heteroatoms. The minimum absolute atomic E-state index is 0.168. The van der Waals surface area contributed by atoms with Gasteiger partial charge in [-0.15, -0.1) is 6.42 Å². The van der Waals surface area contributed by atoms with Gasteiger partial charge in [-0.1, -0.05) is 5.92 Å². The third kappa shape index (κ3) is 2.18. The molecule has 1 aromatic rings. The lowest BCUT2D eigenvalue weighted by atomic mass is 10.2. The van der Waals surface area contributed by atoms with E-state index in [0.29, 0.717) is 11.3 Å². The summed E-state index contributed by atoms with van der Waals surface area (Å²) in [5.74, 6) is 3.20. The fraction of sp³-hybridized carbons (Fsp3) is 0.0909. The summed E-state index contributed by atoms with van der Waals surface area (Å²) in [7, 11) is -3.58. The average Bonchev–Trinajstić information content (AvgIpc) is 2.25. The van der Waals surface area contributed by atoms with Crippen molar-refractivity contribution < 1.29 is 17.3 Å². The van der Waals surface area contributed by atoms with Crippen molar-refractivity contribution in [1.29, 1.82) is 0 Å². The van der Waals surface area contributed by atoms with E-state index in [1.165, 1.54) is 12.1 Å². The Morgan fingerprint density at radius 3 is 3.00 bits per heavy atom. The van der Waals surface area contributed by atoms with Crippen molar-refractivity contribution in [2.45, 2.75) is 0 Å². The third-order valence-electron chi connectivity index (χ3n) is 1.92. The Hall–Kier alpha value is -1.93. The summed E-state index contributed by atoms with van der Waals surface area (Å²) >= 11 is 0. The van der Waals surface area contributed by atoms with Crippen LogP contribution in [0.3, 0.4) is 0 Å².